The maximum Gasteiger partial charge on any atom is 0.156 e. The third-order valence-corrected chi connectivity index (χ3v) is 3.73. The Kier molecular flexibility index (Phi) is 2.31. The van der Waals surface area contributed by atoms with Crippen molar-refractivity contribution in [1.82, 2.24) is 5.32 Å². The van der Waals surface area contributed by atoms with E-state index in [9.17, 15) is 0 Å². The first-order valence-corrected chi connectivity index (χ1v) is 5.68. The molecule has 3 heteroatoms. The van der Waals surface area contributed by atoms with Crippen molar-refractivity contribution in [3.05, 3.63) is 0 Å². The monoisotopic (exact) mass is 184 g/mol. The summed E-state index contributed by atoms with van der Waals surface area (Å²) in [5.41, 5.74) is 0. The number of nitrogens with one attached hydrogen (secondary N) is 1. The summed E-state index contributed by atoms with van der Waals surface area (Å²) < 4.78 is 0. The Hall–Kier alpha value is -0.180. The van der Waals surface area contributed by atoms with Gasteiger partial charge in [-0.25, -0.2) is 0 Å². The molecular weight excluding hydrogens is 168 g/mol. The Labute approximate surface area is 78.2 Å². The molecule has 2 aliphatic rings. The van der Waals surface area contributed by atoms with Gasteiger partial charge in [0.2, 0.25) is 0 Å². The van der Waals surface area contributed by atoms with Gasteiger partial charge in [0.25, 0.3) is 0 Å². The van der Waals surface area contributed by atoms with Gasteiger partial charge in [-0.15, -0.1) is 0 Å². The molecular formula is C9H16N2S. The van der Waals surface area contributed by atoms with E-state index in [1.807, 2.05) is 11.8 Å². The Morgan fingerprint density at radius 2 is 2.25 bits per heavy atom. The summed E-state index contributed by atoms with van der Waals surface area (Å²) in [6.07, 6.45) is 1.33. The predicted octanol–water partition coefficient (Wildman–Crippen LogP) is 1.72. The van der Waals surface area contributed by atoms with Crippen molar-refractivity contribution in [1.29, 1.82) is 0 Å². The van der Waals surface area contributed by atoms with Gasteiger partial charge in [0.05, 0.1) is 0 Å². The smallest absolute Gasteiger partial charge is 0.156 e. The molecule has 0 bridgehead atoms. The van der Waals surface area contributed by atoms with E-state index in [4.69, 9.17) is 0 Å². The fraction of sp³-hybridized carbons (Fsp3) is 0.889. The minimum Gasteiger partial charge on any atom is -0.362 e. The summed E-state index contributed by atoms with van der Waals surface area (Å²) >= 11 is 1.88. The van der Waals surface area contributed by atoms with Crippen LogP contribution in [0.15, 0.2) is 4.99 Å². The molecule has 1 aliphatic heterocycles. The number of hydrogen-bond acceptors (Lipinski definition) is 3. The van der Waals surface area contributed by atoms with Crippen LogP contribution in [-0.2, 0) is 0 Å². The largest absolute Gasteiger partial charge is 0.362 e. The van der Waals surface area contributed by atoms with Gasteiger partial charge < -0.3 is 5.32 Å². The maximum absolute atomic E-state index is 4.49. The van der Waals surface area contributed by atoms with E-state index in [1.165, 1.54) is 17.3 Å². The summed E-state index contributed by atoms with van der Waals surface area (Å²) in [6, 6.07) is 0.727. The normalized spacial score (nSPS) is 40.5. The molecule has 3 atom stereocenters. The Bertz CT molecular complexity index is 203. The molecule has 0 saturated heterocycles. The Morgan fingerprint density at radius 1 is 1.50 bits per heavy atom. The van der Waals surface area contributed by atoms with E-state index in [0.29, 0.717) is 0 Å². The van der Waals surface area contributed by atoms with E-state index >= 15 is 0 Å². The summed E-state index contributed by atoms with van der Waals surface area (Å²) in [7, 11) is 0. The van der Waals surface area contributed by atoms with Crippen molar-refractivity contribution in [2.24, 2.45) is 16.8 Å². The molecule has 1 N–H and O–H groups in total. The molecule has 68 valence electrons. The molecule has 0 aromatic carbocycles. The second-order valence-corrected chi connectivity index (χ2v) is 5.03. The lowest BCUT2D eigenvalue weighted by atomic mass is 10.2. The molecule has 1 saturated carbocycles. The van der Waals surface area contributed by atoms with Crippen molar-refractivity contribution < 1.29 is 0 Å². The SMILES string of the molecule is CC1CN=C(NC2CC2C)SC1. The lowest BCUT2D eigenvalue weighted by Crippen LogP contribution is -2.28. The maximum atomic E-state index is 4.49. The number of nitrogens with zero attached hydrogens (tertiary/aromatic N) is 1. The zero-order valence-corrected chi connectivity index (χ0v) is 8.53. The molecule has 2 nitrogen and oxygen atoms in total. The first-order chi connectivity index (χ1) is 5.75. The Morgan fingerprint density at radius 3 is 2.75 bits per heavy atom. The number of hydrogen-bond donors (Lipinski definition) is 1. The van der Waals surface area contributed by atoms with Crippen LogP contribution in [-0.4, -0.2) is 23.5 Å². The lowest BCUT2D eigenvalue weighted by molar-refractivity contribution is 0.667. The van der Waals surface area contributed by atoms with Gasteiger partial charge in [0, 0.05) is 18.3 Å². The zero-order valence-electron chi connectivity index (χ0n) is 7.71. The van der Waals surface area contributed by atoms with Crippen LogP contribution in [0.1, 0.15) is 20.3 Å². The summed E-state index contributed by atoms with van der Waals surface area (Å²) in [4.78, 5) is 4.49. The summed E-state index contributed by atoms with van der Waals surface area (Å²) in [5, 5.41) is 4.66. The summed E-state index contributed by atoms with van der Waals surface area (Å²) in [6.45, 7) is 5.55. The third kappa shape index (κ3) is 1.94. The van der Waals surface area contributed by atoms with Gasteiger partial charge in [-0.1, -0.05) is 25.6 Å². The van der Waals surface area contributed by atoms with Crippen molar-refractivity contribution in [3.63, 3.8) is 0 Å². The molecule has 0 aromatic heterocycles. The van der Waals surface area contributed by atoms with Crippen LogP contribution in [0.4, 0.5) is 0 Å². The molecule has 0 amide bonds. The van der Waals surface area contributed by atoms with Crippen molar-refractivity contribution in [2.75, 3.05) is 12.3 Å². The third-order valence-electron chi connectivity index (χ3n) is 2.47. The fourth-order valence-corrected chi connectivity index (χ4v) is 2.28. The highest BCUT2D eigenvalue weighted by molar-refractivity contribution is 8.13. The van der Waals surface area contributed by atoms with Crippen LogP contribution in [0.25, 0.3) is 0 Å². The van der Waals surface area contributed by atoms with Crippen LogP contribution >= 0.6 is 11.8 Å². The minimum absolute atomic E-state index is 0.727. The molecule has 0 radical (unpaired) electrons. The van der Waals surface area contributed by atoms with Crippen molar-refractivity contribution in [3.8, 4) is 0 Å². The predicted molar refractivity (Wildman–Crippen MR) is 54.6 cm³/mol. The van der Waals surface area contributed by atoms with Gasteiger partial charge in [-0.05, 0) is 18.3 Å². The standard InChI is InChI=1S/C9H16N2S/c1-6-4-10-9(12-5-6)11-8-3-7(8)2/h6-8H,3-5H2,1-2H3,(H,10,11). The number of aliphatic imine (C=N–C) groups is 1. The quantitative estimate of drug-likeness (QED) is 0.671. The number of amidine groups is 1. The van der Waals surface area contributed by atoms with E-state index in [0.717, 1.165) is 24.4 Å². The second kappa shape index (κ2) is 3.29. The van der Waals surface area contributed by atoms with E-state index in [-0.39, 0.29) is 0 Å². The average Bonchev–Trinajstić information content (AvgIpc) is 2.72. The first-order valence-electron chi connectivity index (χ1n) is 4.69. The second-order valence-electron chi connectivity index (χ2n) is 4.03. The van der Waals surface area contributed by atoms with Gasteiger partial charge in [-0.2, -0.15) is 0 Å². The van der Waals surface area contributed by atoms with Crippen molar-refractivity contribution in [2.45, 2.75) is 26.3 Å². The number of thioether (sulfide) groups is 1. The molecule has 3 unspecified atom stereocenters. The average molecular weight is 184 g/mol. The topological polar surface area (TPSA) is 24.4 Å². The highest BCUT2D eigenvalue weighted by Gasteiger charge is 2.33. The molecule has 2 rings (SSSR count). The van der Waals surface area contributed by atoms with Crippen LogP contribution in [0, 0.1) is 11.8 Å². The van der Waals surface area contributed by atoms with Crippen molar-refractivity contribution >= 4 is 16.9 Å². The minimum atomic E-state index is 0.727. The highest BCUT2D eigenvalue weighted by atomic mass is 32.2. The molecule has 1 aliphatic carbocycles. The van der Waals surface area contributed by atoms with Gasteiger partial charge in [0.1, 0.15) is 0 Å². The van der Waals surface area contributed by atoms with Crippen LogP contribution in [0.5, 0.6) is 0 Å². The van der Waals surface area contributed by atoms with Gasteiger partial charge in [0.15, 0.2) is 5.17 Å². The zero-order chi connectivity index (χ0) is 8.55. The fourth-order valence-electron chi connectivity index (χ4n) is 1.33. The van der Waals surface area contributed by atoms with Gasteiger partial charge >= 0.3 is 0 Å². The van der Waals surface area contributed by atoms with E-state index < -0.39 is 0 Å². The summed E-state index contributed by atoms with van der Waals surface area (Å²) in [5.74, 6) is 2.86. The van der Waals surface area contributed by atoms with Gasteiger partial charge in [-0.3, -0.25) is 4.99 Å². The molecule has 12 heavy (non-hydrogen) atoms. The van der Waals surface area contributed by atoms with Crippen LogP contribution < -0.4 is 5.32 Å². The molecule has 0 spiro atoms. The lowest BCUT2D eigenvalue weighted by Gasteiger charge is -2.17. The first kappa shape index (κ1) is 8.42. The molecule has 1 heterocycles. The molecule has 0 aromatic rings. The number of rotatable bonds is 1. The van der Waals surface area contributed by atoms with E-state index in [1.54, 1.807) is 0 Å². The van der Waals surface area contributed by atoms with Crippen LogP contribution in [0.2, 0.25) is 0 Å². The molecule has 1 fully saturated rings. The van der Waals surface area contributed by atoms with E-state index in [2.05, 4.69) is 24.2 Å². The van der Waals surface area contributed by atoms with Crippen LogP contribution in [0.3, 0.4) is 0 Å². The highest BCUT2D eigenvalue weighted by Crippen LogP contribution is 2.30. The Balaban J connectivity index is 1.81.